The first kappa shape index (κ1) is 11.5. The van der Waals surface area contributed by atoms with Crippen molar-refractivity contribution in [2.24, 2.45) is 5.41 Å². The lowest BCUT2D eigenvalue weighted by molar-refractivity contribution is -0.115. The Morgan fingerprint density at radius 3 is 2.33 bits per heavy atom. The van der Waals surface area contributed by atoms with Crippen LogP contribution in [0.15, 0.2) is 0 Å². The Labute approximate surface area is 71.5 Å². The number of halogens is 2. The zero-order valence-electron chi connectivity index (χ0n) is 7.68. The zero-order chi connectivity index (χ0) is 9.78. The maximum atomic E-state index is 11.8. The molecule has 0 aromatic carbocycles. The van der Waals surface area contributed by atoms with E-state index in [9.17, 15) is 13.6 Å². The zero-order valence-corrected chi connectivity index (χ0v) is 7.68. The second-order valence-electron chi connectivity index (χ2n) is 3.69. The molecule has 4 heteroatoms. The van der Waals surface area contributed by atoms with Crippen LogP contribution >= 0.6 is 0 Å². The van der Waals surface area contributed by atoms with Gasteiger partial charge in [0.05, 0.1) is 6.54 Å². The van der Waals surface area contributed by atoms with Crippen molar-refractivity contribution in [2.45, 2.75) is 20.3 Å². The minimum Gasteiger partial charge on any atom is -0.303 e. The Kier molecular flexibility index (Phi) is 4.31. The lowest BCUT2D eigenvalue weighted by atomic mass is 9.95. The molecule has 0 spiro atoms. The Morgan fingerprint density at radius 2 is 2.00 bits per heavy atom. The first-order valence-corrected chi connectivity index (χ1v) is 3.80. The number of hydrogen-bond acceptors (Lipinski definition) is 2. The molecule has 0 atom stereocenters. The SMILES string of the molecule is CN(CC(F)F)CC(C)(C)C=O. The van der Waals surface area contributed by atoms with Gasteiger partial charge in [-0.25, -0.2) is 8.78 Å². The number of carbonyl (C=O) groups excluding carboxylic acids is 1. The van der Waals surface area contributed by atoms with Gasteiger partial charge in [-0.05, 0) is 7.05 Å². The number of alkyl halides is 2. The molecule has 0 saturated carbocycles. The van der Waals surface area contributed by atoms with E-state index >= 15 is 0 Å². The summed E-state index contributed by atoms with van der Waals surface area (Å²) in [6, 6.07) is 0. The molecule has 0 aliphatic heterocycles. The van der Waals surface area contributed by atoms with Gasteiger partial charge in [0.25, 0.3) is 6.43 Å². The van der Waals surface area contributed by atoms with Gasteiger partial charge in [0.2, 0.25) is 0 Å². The third-order valence-electron chi connectivity index (χ3n) is 1.45. The smallest absolute Gasteiger partial charge is 0.251 e. The van der Waals surface area contributed by atoms with Crippen LogP contribution in [0, 0.1) is 5.41 Å². The van der Waals surface area contributed by atoms with Gasteiger partial charge in [-0.1, -0.05) is 13.8 Å². The van der Waals surface area contributed by atoms with Gasteiger partial charge in [0, 0.05) is 12.0 Å². The standard InChI is InChI=1S/C8H15F2NO/c1-8(2,6-12)5-11(3)4-7(9)10/h6-7H,4-5H2,1-3H3. The van der Waals surface area contributed by atoms with Crippen molar-refractivity contribution < 1.29 is 13.6 Å². The monoisotopic (exact) mass is 179 g/mol. The average molecular weight is 179 g/mol. The van der Waals surface area contributed by atoms with Crippen LogP contribution in [0.1, 0.15) is 13.8 Å². The maximum absolute atomic E-state index is 11.8. The first-order valence-electron chi connectivity index (χ1n) is 3.80. The first-order chi connectivity index (χ1) is 5.37. The van der Waals surface area contributed by atoms with E-state index in [1.165, 1.54) is 4.90 Å². The van der Waals surface area contributed by atoms with Crippen molar-refractivity contribution >= 4 is 6.29 Å². The van der Waals surface area contributed by atoms with Gasteiger partial charge in [-0.3, -0.25) is 4.90 Å². The molecule has 72 valence electrons. The summed E-state index contributed by atoms with van der Waals surface area (Å²) >= 11 is 0. The van der Waals surface area contributed by atoms with Crippen LogP contribution in [0.2, 0.25) is 0 Å². The van der Waals surface area contributed by atoms with Crippen molar-refractivity contribution in [3.05, 3.63) is 0 Å². The van der Waals surface area contributed by atoms with E-state index in [2.05, 4.69) is 0 Å². The molecule has 0 aliphatic carbocycles. The van der Waals surface area contributed by atoms with Crippen LogP contribution in [-0.4, -0.2) is 37.7 Å². The number of carbonyl (C=O) groups is 1. The van der Waals surface area contributed by atoms with Crippen molar-refractivity contribution in [3.8, 4) is 0 Å². The highest BCUT2D eigenvalue weighted by atomic mass is 19.3. The van der Waals surface area contributed by atoms with Crippen molar-refractivity contribution in [1.29, 1.82) is 0 Å². The molecule has 0 aromatic rings. The van der Waals surface area contributed by atoms with E-state index in [0.717, 1.165) is 6.29 Å². The van der Waals surface area contributed by atoms with Crippen LogP contribution in [0.3, 0.4) is 0 Å². The van der Waals surface area contributed by atoms with Gasteiger partial charge in [0.15, 0.2) is 0 Å². The summed E-state index contributed by atoms with van der Waals surface area (Å²) in [6.07, 6.45) is -1.55. The third-order valence-corrected chi connectivity index (χ3v) is 1.45. The molecule has 0 unspecified atom stereocenters. The number of aldehydes is 1. The molecule has 0 bridgehead atoms. The molecule has 0 aliphatic rings. The Morgan fingerprint density at radius 1 is 1.50 bits per heavy atom. The number of hydrogen-bond donors (Lipinski definition) is 0. The fraction of sp³-hybridized carbons (Fsp3) is 0.875. The van der Waals surface area contributed by atoms with Crippen LogP contribution < -0.4 is 0 Å². The van der Waals surface area contributed by atoms with Crippen LogP contribution in [-0.2, 0) is 4.79 Å². The summed E-state index contributed by atoms with van der Waals surface area (Å²) in [5.41, 5.74) is -0.538. The van der Waals surface area contributed by atoms with E-state index in [4.69, 9.17) is 0 Å². The summed E-state index contributed by atoms with van der Waals surface area (Å²) in [7, 11) is 1.58. The molecule has 0 N–H and O–H groups in total. The van der Waals surface area contributed by atoms with Gasteiger partial charge < -0.3 is 4.79 Å². The molecule has 0 radical (unpaired) electrons. The van der Waals surface area contributed by atoms with Gasteiger partial charge in [0.1, 0.15) is 6.29 Å². The molecular weight excluding hydrogens is 164 g/mol. The Bertz CT molecular complexity index is 148. The van der Waals surface area contributed by atoms with Crippen molar-refractivity contribution in [3.63, 3.8) is 0 Å². The predicted octanol–water partition coefficient (Wildman–Crippen LogP) is 1.41. The summed E-state index contributed by atoms with van der Waals surface area (Å²) < 4.78 is 23.7. The third kappa shape index (κ3) is 5.18. The second kappa shape index (κ2) is 4.50. The highest BCUT2D eigenvalue weighted by molar-refractivity contribution is 5.58. The van der Waals surface area contributed by atoms with Crippen molar-refractivity contribution in [1.82, 2.24) is 4.90 Å². The van der Waals surface area contributed by atoms with Crippen LogP contribution in [0.5, 0.6) is 0 Å². The van der Waals surface area contributed by atoms with Gasteiger partial charge in [-0.2, -0.15) is 0 Å². The summed E-state index contributed by atoms with van der Waals surface area (Å²) in [6.45, 7) is 3.53. The fourth-order valence-electron chi connectivity index (χ4n) is 1.03. The second-order valence-corrected chi connectivity index (χ2v) is 3.69. The maximum Gasteiger partial charge on any atom is 0.251 e. The summed E-state index contributed by atoms with van der Waals surface area (Å²) in [5.74, 6) is 0. The normalized spacial score (nSPS) is 12.6. The Balaban J connectivity index is 3.83. The molecule has 0 heterocycles. The van der Waals surface area contributed by atoms with E-state index < -0.39 is 11.8 Å². The quantitative estimate of drug-likeness (QED) is 0.595. The minimum absolute atomic E-state index is 0.280. The molecule has 2 nitrogen and oxygen atoms in total. The topological polar surface area (TPSA) is 20.3 Å². The van der Waals surface area contributed by atoms with E-state index in [1.807, 2.05) is 0 Å². The largest absolute Gasteiger partial charge is 0.303 e. The van der Waals surface area contributed by atoms with Gasteiger partial charge >= 0.3 is 0 Å². The fourth-order valence-corrected chi connectivity index (χ4v) is 1.03. The molecule has 0 saturated heterocycles. The highest BCUT2D eigenvalue weighted by Gasteiger charge is 2.20. The molecule has 0 aromatic heterocycles. The van der Waals surface area contributed by atoms with Crippen molar-refractivity contribution in [2.75, 3.05) is 20.1 Å². The summed E-state index contributed by atoms with van der Waals surface area (Å²) in [4.78, 5) is 11.9. The molecule has 0 fully saturated rings. The average Bonchev–Trinajstić information content (AvgIpc) is 1.84. The summed E-state index contributed by atoms with van der Waals surface area (Å²) in [5, 5.41) is 0. The lowest BCUT2D eigenvalue weighted by Crippen LogP contribution is -2.35. The van der Waals surface area contributed by atoms with E-state index in [0.29, 0.717) is 6.54 Å². The van der Waals surface area contributed by atoms with Crippen LogP contribution in [0.25, 0.3) is 0 Å². The van der Waals surface area contributed by atoms with Crippen LogP contribution in [0.4, 0.5) is 8.78 Å². The molecular formula is C8H15F2NO. The number of nitrogens with zero attached hydrogens (tertiary/aromatic N) is 1. The molecule has 12 heavy (non-hydrogen) atoms. The predicted molar refractivity (Wildman–Crippen MR) is 43.3 cm³/mol. The van der Waals surface area contributed by atoms with E-state index in [1.54, 1.807) is 20.9 Å². The number of rotatable bonds is 5. The van der Waals surface area contributed by atoms with E-state index in [-0.39, 0.29) is 6.54 Å². The Hall–Kier alpha value is -0.510. The minimum atomic E-state index is -2.34. The van der Waals surface area contributed by atoms with Gasteiger partial charge in [-0.15, -0.1) is 0 Å². The lowest BCUT2D eigenvalue weighted by Gasteiger charge is -2.24. The molecule has 0 amide bonds. The molecule has 0 rings (SSSR count). The highest BCUT2D eigenvalue weighted by Crippen LogP contribution is 2.12.